The van der Waals surface area contributed by atoms with Crippen molar-refractivity contribution in [3.8, 4) is 0 Å². The normalized spacial score (nSPS) is 12.2. The Kier molecular flexibility index (Phi) is 5.88. The summed E-state index contributed by atoms with van der Waals surface area (Å²) >= 11 is 5.03. The summed E-state index contributed by atoms with van der Waals surface area (Å²) in [6, 6.07) is 1.54. The van der Waals surface area contributed by atoms with Crippen LogP contribution < -0.4 is 5.32 Å². The second kappa shape index (κ2) is 6.93. The van der Waals surface area contributed by atoms with Gasteiger partial charge in [-0.1, -0.05) is 6.08 Å². The molecule has 3 nitrogen and oxygen atoms in total. The van der Waals surface area contributed by atoms with Crippen LogP contribution in [0.2, 0.25) is 0 Å². The Morgan fingerprint density at radius 1 is 1.76 bits per heavy atom. The van der Waals surface area contributed by atoms with Crippen LogP contribution in [0.1, 0.15) is 22.7 Å². The number of hydrogen-bond donors (Lipinski definition) is 1. The van der Waals surface area contributed by atoms with Crippen LogP contribution in [0, 0.1) is 6.92 Å². The number of esters is 1. The Hall–Kier alpha value is -0.650. The lowest BCUT2D eigenvalue weighted by Gasteiger charge is -2.14. The molecule has 94 valence electrons. The van der Waals surface area contributed by atoms with Crippen molar-refractivity contribution in [2.24, 2.45) is 0 Å². The molecule has 0 aliphatic heterocycles. The van der Waals surface area contributed by atoms with Gasteiger partial charge in [0.05, 0.1) is 6.61 Å². The van der Waals surface area contributed by atoms with E-state index in [1.165, 1.54) is 0 Å². The van der Waals surface area contributed by atoms with Crippen molar-refractivity contribution in [2.75, 3.05) is 13.2 Å². The molecule has 5 heteroatoms. The van der Waals surface area contributed by atoms with Gasteiger partial charge in [-0.05, 0) is 35.8 Å². The summed E-state index contributed by atoms with van der Waals surface area (Å²) in [5, 5.41) is 3.11. The van der Waals surface area contributed by atoms with Crippen molar-refractivity contribution >= 4 is 33.2 Å². The van der Waals surface area contributed by atoms with Gasteiger partial charge in [-0.25, -0.2) is 4.79 Å². The minimum absolute atomic E-state index is 0.247. The van der Waals surface area contributed by atoms with Crippen LogP contribution in [0.4, 0.5) is 0 Å². The number of nitrogens with one attached hydrogen (secondary N) is 1. The van der Waals surface area contributed by atoms with E-state index < -0.39 is 6.04 Å². The van der Waals surface area contributed by atoms with Crippen LogP contribution in [-0.2, 0) is 9.53 Å². The van der Waals surface area contributed by atoms with Gasteiger partial charge in [-0.15, -0.1) is 17.9 Å². The van der Waals surface area contributed by atoms with E-state index in [0.29, 0.717) is 13.2 Å². The topological polar surface area (TPSA) is 38.3 Å². The van der Waals surface area contributed by atoms with Crippen molar-refractivity contribution in [2.45, 2.75) is 19.9 Å². The lowest BCUT2D eigenvalue weighted by molar-refractivity contribution is -0.145. The average molecular weight is 318 g/mol. The van der Waals surface area contributed by atoms with Gasteiger partial charge in [0, 0.05) is 20.8 Å². The first kappa shape index (κ1) is 14.4. The zero-order chi connectivity index (χ0) is 12.8. The first-order valence-corrected chi connectivity index (χ1v) is 6.97. The molecule has 0 aliphatic carbocycles. The molecule has 1 atom stereocenters. The van der Waals surface area contributed by atoms with Gasteiger partial charge in [0.1, 0.15) is 6.04 Å². The number of aryl methyl sites for hydroxylation is 1. The molecule has 0 fully saturated rings. The summed E-state index contributed by atoms with van der Waals surface area (Å²) < 4.78 is 6.08. The van der Waals surface area contributed by atoms with Crippen LogP contribution in [0.3, 0.4) is 0 Å². The Morgan fingerprint density at radius 3 is 2.94 bits per heavy atom. The number of ether oxygens (including phenoxy) is 1. The maximum Gasteiger partial charge on any atom is 0.328 e. The van der Waals surface area contributed by atoms with Crippen molar-refractivity contribution in [1.82, 2.24) is 5.32 Å². The Bertz CT molecular complexity index is 384. The van der Waals surface area contributed by atoms with Crippen LogP contribution in [0.15, 0.2) is 23.2 Å². The molecule has 17 heavy (non-hydrogen) atoms. The summed E-state index contributed by atoms with van der Waals surface area (Å²) in [6.07, 6.45) is 1.72. The van der Waals surface area contributed by atoms with Crippen LogP contribution in [0.5, 0.6) is 0 Å². The highest BCUT2D eigenvalue weighted by Crippen LogP contribution is 2.31. The molecule has 0 amide bonds. The predicted octanol–water partition coefficient (Wildman–Crippen LogP) is 3.20. The summed E-state index contributed by atoms with van der Waals surface area (Å²) in [6.45, 7) is 8.40. The molecule has 0 saturated carbocycles. The molecular weight excluding hydrogens is 302 g/mol. The van der Waals surface area contributed by atoms with E-state index in [9.17, 15) is 4.79 Å². The van der Waals surface area contributed by atoms with Crippen LogP contribution >= 0.6 is 27.3 Å². The fraction of sp³-hybridized carbons (Fsp3) is 0.417. The zero-order valence-electron chi connectivity index (χ0n) is 9.96. The molecule has 1 unspecified atom stereocenters. The standard InChI is InChI=1S/C12H16BrNO2S/c1-4-6-14-11(12(15)16-5-2)10-7-9(13)8(3)17-10/h4,7,11,14H,1,5-6H2,2-3H3. The molecule has 0 aliphatic rings. The summed E-state index contributed by atoms with van der Waals surface area (Å²) in [7, 11) is 0. The predicted molar refractivity (Wildman–Crippen MR) is 74.3 cm³/mol. The SMILES string of the molecule is C=CCNC(C(=O)OCC)c1cc(Br)c(C)s1. The van der Waals surface area contributed by atoms with E-state index >= 15 is 0 Å². The van der Waals surface area contributed by atoms with Gasteiger partial charge in [0.15, 0.2) is 0 Å². The number of halogens is 1. The van der Waals surface area contributed by atoms with Crippen molar-refractivity contribution in [3.05, 3.63) is 32.9 Å². The fourth-order valence-electron chi connectivity index (χ4n) is 1.35. The minimum atomic E-state index is -0.414. The maximum atomic E-state index is 11.8. The molecule has 0 saturated heterocycles. The van der Waals surface area contributed by atoms with Gasteiger partial charge >= 0.3 is 5.97 Å². The summed E-state index contributed by atoms with van der Waals surface area (Å²) in [5.74, 6) is -0.247. The lowest BCUT2D eigenvalue weighted by Crippen LogP contribution is -2.29. The maximum absolute atomic E-state index is 11.8. The third-order valence-electron chi connectivity index (χ3n) is 2.15. The van der Waals surface area contributed by atoms with E-state index in [4.69, 9.17) is 4.74 Å². The molecule has 0 radical (unpaired) electrons. The third-order valence-corrected chi connectivity index (χ3v) is 4.35. The Morgan fingerprint density at radius 2 is 2.47 bits per heavy atom. The summed E-state index contributed by atoms with van der Waals surface area (Å²) in [5.41, 5.74) is 0. The second-order valence-corrected chi connectivity index (χ2v) is 5.58. The molecule has 1 aromatic heterocycles. The third kappa shape index (κ3) is 3.94. The van der Waals surface area contributed by atoms with E-state index in [1.54, 1.807) is 24.3 Å². The van der Waals surface area contributed by atoms with Crippen molar-refractivity contribution in [3.63, 3.8) is 0 Å². The van der Waals surface area contributed by atoms with E-state index in [0.717, 1.165) is 14.2 Å². The van der Waals surface area contributed by atoms with Gasteiger partial charge in [0.2, 0.25) is 0 Å². The zero-order valence-corrected chi connectivity index (χ0v) is 12.4. The Balaban J connectivity index is 2.88. The first-order valence-electron chi connectivity index (χ1n) is 5.36. The number of carbonyl (C=O) groups excluding carboxylic acids is 1. The van der Waals surface area contributed by atoms with Crippen LogP contribution in [0.25, 0.3) is 0 Å². The van der Waals surface area contributed by atoms with Gasteiger partial charge < -0.3 is 4.74 Å². The number of rotatable bonds is 6. The second-order valence-electron chi connectivity index (χ2n) is 3.43. The van der Waals surface area contributed by atoms with Gasteiger partial charge in [-0.3, -0.25) is 5.32 Å². The van der Waals surface area contributed by atoms with Crippen molar-refractivity contribution < 1.29 is 9.53 Å². The van der Waals surface area contributed by atoms with Gasteiger partial charge in [0.25, 0.3) is 0 Å². The number of carbonyl (C=O) groups is 1. The minimum Gasteiger partial charge on any atom is -0.465 e. The lowest BCUT2D eigenvalue weighted by atomic mass is 10.2. The fourth-order valence-corrected chi connectivity index (χ4v) is 2.98. The van der Waals surface area contributed by atoms with Crippen molar-refractivity contribution in [1.29, 1.82) is 0 Å². The molecule has 0 bridgehead atoms. The monoisotopic (exact) mass is 317 g/mol. The average Bonchev–Trinajstić information content (AvgIpc) is 2.60. The van der Waals surface area contributed by atoms with Crippen LogP contribution in [-0.4, -0.2) is 19.1 Å². The number of hydrogen-bond acceptors (Lipinski definition) is 4. The molecule has 1 rings (SSSR count). The van der Waals surface area contributed by atoms with E-state index in [2.05, 4.69) is 27.8 Å². The summed E-state index contributed by atoms with van der Waals surface area (Å²) in [4.78, 5) is 13.9. The largest absolute Gasteiger partial charge is 0.465 e. The highest BCUT2D eigenvalue weighted by molar-refractivity contribution is 9.10. The molecule has 1 N–H and O–H groups in total. The first-order chi connectivity index (χ1) is 8.10. The molecule has 1 aromatic rings. The molecule has 0 aromatic carbocycles. The van der Waals surface area contributed by atoms with E-state index in [1.807, 2.05) is 13.0 Å². The smallest absolute Gasteiger partial charge is 0.328 e. The molecule has 1 heterocycles. The highest BCUT2D eigenvalue weighted by Gasteiger charge is 2.23. The Labute approximate surface area is 114 Å². The van der Waals surface area contributed by atoms with E-state index in [-0.39, 0.29) is 5.97 Å². The molecular formula is C12H16BrNO2S. The highest BCUT2D eigenvalue weighted by atomic mass is 79.9. The molecule has 0 spiro atoms. The number of thiophene rings is 1. The van der Waals surface area contributed by atoms with Gasteiger partial charge in [-0.2, -0.15) is 0 Å². The quantitative estimate of drug-likeness (QED) is 0.647.